The predicted molar refractivity (Wildman–Crippen MR) is 80.1 cm³/mol. The van der Waals surface area contributed by atoms with E-state index in [1.54, 1.807) is 0 Å². The second-order valence-electron chi connectivity index (χ2n) is 4.37. The topological polar surface area (TPSA) is 12.9 Å². The van der Waals surface area contributed by atoms with Crippen LogP contribution in [0, 0.1) is 5.92 Å². The highest BCUT2D eigenvalue weighted by atomic mass is 79.9. The van der Waals surface area contributed by atoms with Crippen LogP contribution >= 0.6 is 27.3 Å². The quantitative estimate of drug-likeness (QED) is 0.705. The lowest BCUT2D eigenvalue weighted by Crippen LogP contribution is -2.15. The molecule has 1 aromatic heterocycles. The van der Waals surface area contributed by atoms with E-state index in [9.17, 15) is 0 Å². The van der Waals surface area contributed by atoms with Crippen LogP contribution < -0.4 is 0 Å². The van der Waals surface area contributed by atoms with Crippen molar-refractivity contribution in [2.45, 2.75) is 37.9 Å². The van der Waals surface area contributed by atoms with E-state index in [1.807, 2.05) is 11.3 Å². The van der Waals surface area contributed by atoms with Gasteiger partial charge in [-0.25, -0.2) is 4.98 Å². The number of hydrogen-bond donors (Lipinski definition) is 0. The number of thiazole rings is 1. The third kappa shape index (κ3) is 3.08. The van der Waals surface area contributed by atoms with Crippen LogP contribution in [0.1, 0.15) is 31.7 Å². The number of para-hydroxylation sites is 1. The molecule has 1 unspecified atom stereocenters. The van der Waals surface area contributed by atoms with E-state index >= 15 is 0 Å². The van der Waals surface area contributed by atoms with E-state index in [0.29, 0.717) is 4.83 Å². The summed E-state index contributed by atoms with van der Waals surface area (Å²) in [7, 11) is 0. The Morgan fingerprint density at radius 2 is 1.94 bits per heavy atom. The van der Waals surface area contributed by atoms with Crippen LogP contribution in [0.2, 0.25) is 0 Å². The maximum absolute atomic E-state index is 4.69. The number of benzene rings is 1. The van der Waals surface area contributed by atoms with Crippen molar-refractivity contribution in [1.82, 2.24) is 4.98 Å². The standard InChI is InChI=1S/C14H18BrNS/c1-3-10(4-2)11(15)9-14-16-12-7-5-6-8-13(12)17-14/h5-8,10-11H,3-4,9H2,1-2H3. The predicted octanol–water partition coefficient (Wildman–Crippen LogP) is 5.04. The van der Waals surface area contributed by atoms with E-state index in [4.69, 9.17) is 4.98 Å². The third-order valence-electron chi connectivity index (χ3n) is 3.27. The largest absolute Gasteiger partial charge is 0.241 e. The second kappa shape index (κ2) is 5.96. The van der Waals surface area contributed by atoms with Crippen molar-refractivity contribution < 1.29 is 0 Å². The normalized spacial score (nSPS) is 13.4. The van der Waals surface area contributed by atoms with Crippen molar-refractivity contribution in [3.05, 3.63) is 29.3 Å². The van der Waals surface area contributed by atoms with Gasteiger partial charge in [-0.15, -0.1) is 11.3 Å². The zero-order valence-electron chi connectivity index (χ0n) is 10.3. The van der Waals surface area contributed by atoms with Crippen LogP contribution in [0.15, 0.2) is 24.3 Å². The molecule has 1 nitrogen and oxygen atoms in total. The summed E-state index contributed by atoms with van der Waals surface area (Å²) in [5, 5.41) is 1.25. The molecule has 1 aromatic carbocycles. The Morgan fingerprint density at radius 1 is 1.24 bits per heavy atom. The van der Waals surface area contributed by atoms with Crippen molar-refractivity contribution >= 4 is 37.5 Å². The summed E-state index contributed by atoms with van der Waals surface area (Å²) in [4.78, 5) is 5.25. The zero-order valence-corrected chi connectivity index (χ0v) is 12.7. The molecule has 0 saturated carbocycles. The van der Waals surface area contributed by atoms with Crippen LogP contribution in [-0.4, -0.2) is 9.81 Å². The summed E-state index contributed by atoms with van der Waals surface area (Å²) in [6.07, 6.45) is 3.51. The maximum Gasteiger partial charge on any atom is 0.0949 e. The first kappa shape index (κ1) is 13.0. The molecule has 3 heteroatoms. The first-order valence-corrected chi connectivity index (χ1v) is 7.96. The maximum atomic E-state index is 4.69. The minimum Gasteiger partial charge on any atom is -0.241 e. The molecule has 2 rings (SSSR count). The van der Waals surface area contributed by atoms with Crippen molar-refractivity contribution in [2.75, 3.05) is 0 Å². The molecule has 0 bridgehead atoms. The highest BCUT2D eigenvalue weighted by Gasteiger charge is 2.17. The number of alkyl halides is 1. The second-order valence-corrected chi connectivity index (χ2v) is 6.66. The number of rotatable bonds is 5. The summed E-state index contributed by atoms with van der Waals surface area (Å²) in [6.45, 7) is 4.53. The van der Waals surface area contributed by atoms with Crippen LogP contribution in [0.3, 0.4) is 0 Å². The SMILES string of the molecule is CCC(CC)C(Br)Cc1nc2ccccc2s1. The highest BCUT2D eigenvalue weighted by Crippen LogP contribution is 2.28. The zero-order chi connectivity index (χ0) is 12.3. The molecule has 0 aliphatic heterocycles. The minimum atomic E-state index is 0.554. The summed E-state index contributed by atoms with van der Waals surface area (Å²) in [5.74, 6) is 0.752. The number of nitrogens with zero attached hydrogens (tertiary/aromatic N) is 1. The van der Waals surface area contributed by atoms with Gasteiger partial charge in [0.05, 0.1) is 15.2 Å². The van der Waals surface area contributed by atoms with Crippen molar-refractivity contribution in [3.63, 3.8) is 0 Å². The lowest BCUT2D eigenvalue weighted by Gasteiger charge is -2.18. The average Bonchev–Trinajstić information content (AvgIpc) is 2.72. The summed E-state index contributed by atoms with van der Waals surface area (Å²) in [5.41, 5.74) is 1.14. The molecule has 0 amide bonds. The fourth-order valence-electron chi connectivity index (χ4n) is 2.14. The number of hydrogen-bond acceptors (Lipinski definition) is 2. The fourth-order valence-corrected chi connectivity index (χ4v) is 4.44. The smallest absolute Gasteiger partial charge is 0.0949 e. The van der Waals surface area contributed by atoms with E-state index < -0.39 is 0 Å². The van der Waals surface area contributed by atoms with Gasteiger partial charge in [0.25, 0.3) is 0 Å². The van der Waals surface area contributed by atoms with Crippen molar-refractivity contribution in [2.24, 2.45) is 5.92 Å². The van der Waals surface area contributed by atoms with Gasteiger partial charge in [-0.2, -0.15) is 0 Å². The Morgan fingerprint density at radius 3 is 2.59 bits per heavy atom. The molecule has 17 heavy (non-hydrogen) atoms. The van der Waals surface area contributed by atoms with Gasteiger partial charge >= 0.3 is 0 Å². The molecule has 0 spiro atoms. The van der Waals surface area contributed by atoms with Gasteiger partial charge < -0.3 is 0 Å². The lowest BCUT2D eigenvalue weighted by molar-refractivity contribution is 0.475. The monoisotopic (exact) mass is 311 g/mol. The molecule has 1 heterocycles. The van der Waals surface area contributed by atoms with E-state index in [1.165, 1.54) is 22.5 Å². The van der Waals surface area contributed by atoms with Gasteiger partial charge in [-0.3, -0.25) is 0 Å². The summed E-state index contributed by atoms with van der Waals surface area (Å²) < 4.78 is 1.30. The van der Waals surface area contributed by atoms with Gasteiger partial charge in [0.15, 0.2) is 0 Å². The molecule has 0 radical (unpaired) electrons. The molecule has 0 saturated heterocycles. The van der Waals surface area contributed by atoms with Crippen LogP contribution in [0.5, 0.6) is 0 Å². The number of halogens is 1. The van der Waals surface area contributed by atoms with Crippen LogP contribution in [0.4, 0.5) is 0 Å². The van der Waals surface area contributed by atoms with Crippen molar-refractivity contribution in [3.8, 4) is 0 Å². The number of fused-ring (bicyclic) bond motifs is 1. The summed E-state index contributed by atoms with van der Waals surface area (Å²) in [6, 6.07) is 8.38. The third-order valence-corrected chi connectivity index (χ3v) is 5.40. The molecule has 1 atom stereocenters. The Balaban J connectivity index is 2.12. The van der Waals surface area contributed by atoms with Crippen molar-refractivity contribution in [1.29, 1.82) is 0 Å². The fraction of sp³-hybridized carbons (Fsp3) is 0.500. The molecular weight excluding hydrogens is 294 g/mol. The Hall–Kier alpha value is -0.410. The van der Waals surface area contributed by atoms with Crippen LogP contribution in [0.25, 0.3) is 10.2 Å². The van der Waals surface area contributed by atoms with Crippen LogP contribution in [-0.2, 0) is 6.42 Å². The van der Waals surface area contributed by atoms with E-state index in [2.05, 4.69) is 54.0 Å². The van der Waals surface area contributed by atoms with Gasteiger partial charge in [-0.1, -0.05) is 54.8 Å². The minimum absolute atomic E-state index is 0.554. The first-order valence-electron chi connectivity index (χ1n) is 6.23. The summed E-state index contributed by atoms with van der Waals surface area (Å²) >= 11 is 5.65. The molecule has 0 fully saturated rings. The average molecular weight is 312 g/mol. The molecule has 92 valence electrons. The van der Waals surface area contributed by atoms with Gasteiger partial charge in [-0.05, 0) is 18.1 Å². The molecule has 0 aliphatic carbocycles. The van der Waals surface area contributed by atoms with Gasteiger partial charge in [0.2, 0.25) is 0 Å². The van der Waals surface area contributed by atoms with Gasteiger partial charge in [0, 0.05) is 11.2 Å². The molecule has 2 aromatic rings. The van der Waals surface area contributed by atoms with Gasteiger partial charge in [0.1, 0.15) is 0 Å². The molecular formula is C14H18BrNS. The Kier molecular flexibility index (Phi) is 4.57. The Labute approximate surface area is 115 Å². The Bertz CT molecular complexity index is 443. The number of aromatic nitrogens is 1. The molecule has 0 N–H and O–H groups in total. The highest BCUT2D eigenvalue weighted by molar-refractivity contribution is 9.09. The molecule has 0 aliphatic rings. The first-order chi connectivity index (χ1) is 8.24. The van der Waals surface area contributed by atoms with E-state index in [-0.39, 0.29) is 0 Å². The lowest BCUT2D eigenvalue weighted by atomic mass is 9.98. The van der Waals surface area contributed by atoms with E-state index in [0.717, 1.165) is 17.9 Å².